The van der Waals surface area contributed by atoms with Crippen molar-refractivity contribution in [2.45, 2.75) is 39.5 Å². The third-order valence-corrected chi connectivity index (χ3v) is 3.75. The quantitative estimate of drug-likeness (QED) is 0.682. The summed E-state index contributed by atoms with van der Waals surface area (Å²) < 4.78 is 0. The maximum atomic E-state index is 11.9. The second-order valence-electron chi connectivity index (χ2n) is 4.72. The van der Waals surface area contributed by atoms with Gasteiger partial charge in [0, 0.05) is 25.4 Å². The molecule has 0 saturated carbocycles. The molecule has 0 aromatic rings. The minimum Gasteiger partial charge on any atom is -0.342 e. The number of amides is 1. The molecule has 0 aromatic heterocycles. The molecule has 0 aromatic carbocycles. The summed E-state index contributed by atoms with van der Waals surface area (Å²) in [6.45, 7) is 6.08. The van der Waals surface area contributed by atoms with Crippen molar-refractivity contribution in [3.8, 4) is 0 Å². The molecule has 88 valence electrons. The zero-order valence-corrected chi connectivity index (χ0v) is 10.6. The molecule has 1 amide bonds. The number of halogens is 1. The highest BCUT2D eigenvalue weighted by Crippen LogP contribution is 2.19. The summed E-state index contributed by atoms with van der Waals surface area (Å²) in [4.78, 5) is 13.9. The predicted molar refractivity (Wildman–Crippen MR) is 64.1 cm³/mol. The minimum atomic E-state index is 0.319. The Kier molecular flexibility index (Phi) is 5.44. The molecule has 1 fully saturated rings. The van der Waals surface area contributed by atoms with Crippen LogP contribution in [-0.2, 0) is 4.79 Å². The minimum absolute atomic E-state index is 0.319. The van der Waals surface area contributed by atoms with Gasteiger partial charge < -0.3 is 4.90 Å². The van der Waals surface area contributed by atoms with Gasteiger partial charge in [-0.2, -0.15) is 0 Å². The van der Waals surface area contributed by atoms with Crippen LogP contribution in [-0.4, -0.2) is 29.8 Å². The van der Waals surface area contributed by atoms with E-state index in [1.165, 1.54) is 6.42 Å². The highest BCUT2D eigenvalue weighted by molar-refractivity contribution is 6.18. The Hall–Kier alpha value is -0.240. The zero-order valence-electron chi connectivity index (χ0n) is 9.84. The largest absolute Gasteiger partial charge is 0.342 e. The summed E-state index contributed by atoms with van der Waals surface area (Å²) in [5.74, 6) is 2.03. The van der Waals surface area contributed by atoms with Crippen LogP contribution in [0, 0.1) is 11.8 Å². The van der Waals surface area contributed by atoms with Crippen molar-refractivity contribution in [1.29, 1.82) is 0 Å². The van der Waals surface area contributed by atoms with Crippen LogP contribution in [0.4, 0.5) is 0 Å². The van der Waals surface area contributed by atoms with Gasteiger partial charge in [-0.05, 0) is 24.7 Å². The summed E-state index contributed by atoms with van der Waals surface area (Å²) in [5, 5.41) is 0. The van der Waals surface area contributed by atoms with Crippen LogP contribution in [0.2, 0.25) is 0 Å². The summed E-state index contributed by atoms with van der Waals surface area (Å²) in [6, 6.07) is 0. The van der Waals surface area contributed by atoms with E-state index in [4.69, 9.17) is 11.6 Å². The van der Waals surface area contributed by atoms with Crippen LogP contribution < -0.4 is 0 Å². The first-order chi connectivity index (χ1) is 7.17. The number of hydrogen-bond donors (Lipinski definition) is 0. The molecular weight excluding hydrogens is 210 g/mol. The van der Waals surface area contributed by atoms with E-state index in [1.54, 1.807) is 0 Å². The summed E-state index contributed by atoms with van der Waals surface area (Å²) >= 11 is 5.85. The SMILES string of the molecule is CCC(C)CC(=O)N1CCCC(CCl)C1. The highest BCUT2D eigenvalue weighted by Gasteiger charge is 2.23. The molecule has 1 aliphatic heterocycles. The van der Waals surface area contributed by atoms with E-state index in [9.17, 15) is 4.79 Å². The van der Waals surface area contributed by atoms with Crippen LogP contribution in [0.1, 0.15) is 39.5 Å². The van der Waals surface area contributed by atoms with Gasteiger partial charge in [0.05, 0.1) is 0 Å². The van der Waals surface area contributed by atoms with E-state index >= 15 is 0 Å². The smallest absolute Gasteiger partial charge is 0.222 e. The van der Waals surface area contributed by atoms with Crippen LogP contribution in [0.5, 0.6) is 0 Å². The monoisotopic (exact) mass is 231 g/mol. The van der Waals surface area contributed by atoms with Gasteiger partial charge in [-0.25, -0.2) is 0 Å². The van der Waals surface area contributed by atoms with Gasteiger partial charge in [-0.1, -0.05) is 20.3 Å². The van der Waals surface area contributed by atoms with Crippen molar-refractivity contribution in [3.05, 3.63) is 0 Å². The van der Waals surface area contributed by atoms with E-state index in [1.807, 2.05) is 4.90 Å². The lowest BCUT2D eigenvalue weighted by atomic mass is 9.98. The Morgan fingerprint density at radius 1 is 1.60 bits per heavy atom. The molecule has 0 N–H and O–H groups in total. The average molecular weight is 232 g/mol. The van der Waals surface area contributed by atoms with Gasteiger partial charge in [-0.3, -0.25) is 4.79 Å². The molecule has 2 atom stereocenters. The van der Waals surface area contributed by atoms with Gasteiger partial charge in [0.1, 0.15) is 0 Å². The number of likely N-dealkylation sites (tertiary alicyclic amines) is 1. The molecule has 0 aliphatic carbocycles. The second kappa shape index (κ2) is 6.37. The fourth-order valence-corrected chi connectivity index (χ4v) is 2.24. The topological polar surface area (TPSA) is 20.3 Å². The molecule has 2 unspecified atom stereocenters. The fraction of sp³-hybridized carbons (Fsp3) is 0.917. The summed E-state index contributed by atoms with van der Waals surface area (Å²) in [6.07, 6.45) is 4.07. The summed E-state index contributed by atoms with van der Waals surface area (Å²) in [5.41, 5.74) is 0. The maximum absolute atomic E-state index is 11.9. The fourth-order valence-electron chi connectivity index (χ4n) is 1.99. The number of piperidine rings is 1. The highest BCUT2D eigenvalue weighted by atomic mass is 35.5. The summed E-state index contributed by atoms with van der Waals surface area (Å²) in [7, 11) is 0. The molecule has 1 rings (SSSR count). The molecule has 1 saturated heterocycles. The molecule has 2 nitrogen and oxygen atoms in total. The van der Waals surface area contributed by atoms with Crippen molar-refractivity contribution >= 4 is 17.5 Å². The van der Waals surface area contributed by atoms with Gasteiger partial charge in [0.25, 0.3) is 0 Å². The first-order valence-corrected chi connectivity index (χ1v) is 6.54. The first-order valence-electron chi connectivity index (χ1n) is 6.01. The molecular formula is C12H22ClNO. The lowest BCUT2D eigenvalue weighted by molar-refractivity contribution is -0.133. The first kappa shape index (κ1) is 12.8. The third kappa shape index (κ3) is 4.02. The Balaban J connectivity index is 2.38. The van der Waals surface area contributed by atoms with E-state index in [2.05, 4.69) is 13.8 Å². The van der Waals surface area contributed by atoms with Gasteiger partial charge in [0.2, 0.25) is 5.91 Å². The lowest BCUT2D eigenvalue weighted by Crippen LogP contribution is -2.40. The lowest BCUT2D eigenvalue weighted by Gasteiger charge is -2.32. The molecule has 15 heavy (non-hydrogen) atoms. The van der Waals surface area contributed by atoms with Crippen LogP contribution >= 0.6 is 11.6 Å². The Morgan fingerprint density at radius 2 is 2.33 bits per heavy atom. The van der Waals surface area contributed by atoms with Crippen molar-refractivity contribution in [2.75, 3.05) is 19.0 Å². The number of carbonyl (C=O) groups is 1. The molecule has 0 bridgehead atoms. The van der Waals surface area contributed by atoms with E-state index in [0.29, 0.717) is 30.0 Å². The number of alkyl halides is 1. The maximum Gasteiger partial charge on any atom is 0.222 e. The average Bonchev–Trinajstić information content (AvgIpc) is 2.28. The van der Waals surface area contributed by atoms with E-state index in [-0.39, 0.29) is 0 Å². The van der Waals surface area contributed by atoms with Crippen molar-refractivity contribution in [1.82, 2.24) is 4.90 Å². The van der Waals surface area contributed by atoms with Crippen LogP contribution in [0.3, 0.4) is 0 Å². The number of hydrogen-bond acceptors (Lipinski definition) is 1. The van der Waals surface area contributed by atoms with Crippen LogP contribution in [0.15, 0.2) is 0 Å². The van der Waals surface area contributed by atoms with Crippen LogP contribution in [0.25, 0.3) is 0 Å². The van der Waals surface area contributed by atoms with Crippen molar-refractivity contribution in [2.24, 2.45) is 11.8 Å². The van der Waals surface area contributed by atoms with E-state index in [0.717, 1.165) is 25.9 Å². The number of rotatable bonds is 4. The zero-order chi connectivity index (χ0) is 11.3. The van der Waals surface area contributed by atoms with E-state index < -0.39 is 0 Å². The predicted octanol–water partition coefficient (Wildman–Crippen LogP) is 2.90. The van der Waals surface area contributed by atoms with Crippen molar-refractivity contribution in [3.63, 3.8) is 0 Å². The molecule has 1 heterocycles. The van der Waals surface area contributed by atoms with Gasteiger partial charge >= 0.3 is 0 Å². The number of nitrogens with zero attached hydrogens (tertiary/aromatic N) is 1. The van der Waals surface area contributed by atoms with Gasteiger partial charge in [-0.15, -0.1) is 11.6 Å². The normalized spacial score (nSPS) is 23.9. The Bertz CT molecular complexity index is 208. The van der Waals surface area contributed by atoms with Crippen molar-refractivity contribution < 1.29 is 4.79 Å². The molecule has 0 radical (unpaired) electrons. The molecule has 0 spiro atoms. The Labute approximate surface area is 98.0 Å². The standard InChI is InChI=1S/C12H22ClNO/c1-3-10(2)7-12(15)14-6-4-5-11(8-13)9-14/h10-11H,3-9H2,1-2H3. The molecule has 1 aliphatic rings. The second-order valence-corrected chi connectivity index (χ2v) is 5.03. The van der Waals surface area contributed by atoms with Gasteiger partial charge in [0.15, 0.2) is 0 Å². The third-order valence-electron chi connectivity index (χ3n) is 3.31. The Morgan fingerprint density at radius 3 is 2.93 bits per heavy atom. The molecule has 3 heteroatoms. The number of carbonyl (C=O) groups excluding carboxylic acids is 1.